The highest BCUT2D eigenvalue weighted by Crippen LogP contribution is 2.31. The molecule has 2 unspecified atom stereocenters. The Kier molecular flexibility index (Phi) is 4.82. The molecule has 0 fully saturated rings. The summed E-state index contributed by atoms with van der Waals surface area (Å²) < 4.78 is 1.21. The van der Waals surface area contributed by atoms with Crippen molar-refractivity contribution in [3.8, 4) is 0 Å². The monoisotopic (exact) mass is 363 g/mol. The van der Waals surface area contributed by atoms with Crippen LogP contribution in [0, 0.1) is 0 Å². The molecule has 1 aromatic carbocycles. The van der Waals surface area contributed by atoms with E-state index in [1.165, 1.54) is 40.6 Å². The standard InChI is InChI=1S/C18H22BrNS/c1-12(20-13(2)18-17(19)9-10-21-18)15-8-7-14-5-3-4-6-16(14)11-15/h7-13,20H,3-6H2,1-2H3. The maximum atomic E-state index is 3.73. The van der Waals surface area contributed by atoms with Gasteiger partial charge < -0.3 is 5.32 Å². The van der Waals surface area contributed by atoms with Gasteiger partial charge in [-0.15, -0.1) is 11.3 Å². The second kappa shape index (κ2) is 6.64. The van der Waals surface area contributed by atoms with Gasteiger partial charge in [-0.2, -0.15) is 0 Å². The molecule has 1 N–H and O–H groups in total. The minimum atomic E-state index is 0.366. The molecule has 0 aliphatic heterocycles. The van der Waals surface area contributed by atoms with Crippen molar-refractivity contribution >= 4 is 27.3 Å². The van der Waals surface area contributed by atoms with Crippen LogP contribution in [0.4, 0.5) is 0 Å². The maximum Gasteiger partial charge on any atom is 0.0402 e. The van der Waals surface area contributed by atoms with Crippen molar-refractivity contribution in [1.29, 1.82) is 0 Å². The Morgan fingerprint density at radius 1 is 1.05 bits per heavy atom. The van der Waals surface area contributed by atoms with Crippen LogP contribution in [-0.4, -0.2) is 0 Å². The normalized spacial score (nSPS) is 17.3. The van der Waals surface area contributed by atoms with Gasteiger partial charge in [0.05, 0.1) is 0 Å². The number of nitrogens with one attached hydrogen (secondary N) is 1. The molecule has 1 nitrogen and oxygen atoms in total. The van der Waals surface area contributed by atoms with Crippen molar-refractivity contribution in [2.45, 2.75) is 51.6 Å². The zero-order valence-corrected chi connectivity index (χ0v) is 15.1. The van der Waals surface area contributed by atoms with Crippen LogP contribution in [-0.2, 0) is 12.8 Å². The third kappa shape index (κ3) is 3.41. The molecule has 112 valence electrons. The second-order valence-electron chi connectivity index (χ2n) is 5.98. The van der Waals surface area contributed by atoms with Crippen LogP contribution in [0.3, 0.4) is 0 Å². The quantitative estimate of drug-likeness (QED) is 0.723. The maximum absolute atomic E-state index is 3.73. The van der Waals surface area contributed by atoms with E-state index in [0.29, 0.717) is 12.1 Å². The Bertz CT molecular complexity index is 619. The van der Waals surface area contributed by atoms with Gasteiger partial charge >= 0.3 is 0 Å². The molecular formula is C18H22BrNS. The first kappa shape index (κ1) is 15.3. The minimum Gasteiger partial charge on any atom is -0.303 e. The highest BCUT2D eigenvalue weighted by atomic mass is 79.9. The van der Waals surface area contributed by atoms with Crippen LogP contribution in [0.2, 0.25) is 0 Å². The lowest BCUT2D eigenvalue weighted by Crippen LogP contribution is -2.22. The fourth-order valence-corrected chi connectivity index (χ4v) is 4.92. The number of benzene rings is 1. The van der Waals surface area contributed by atoms with Gasteiger partial charge in [0.25, 0.3) is 0 Å². The Morgan fingerprint density at radius 2 is 1.81 bits per heavy atom. The summed E-state index contributed by atoms with van der Waals surface area (Å²) in [5.74, 6) is 0. The molecule has 0 spiro atoms. The largest absolute Gasteiger partial charge is 0.303 e. The predicted molar refractivity (Wildman–Crippen MR) is 95.1 cm³/mol. The molecule has 0 saturated heterocycles. The van der Waals surface area contributed by atoms with E-state index in [9.17, 15) is 0 Å². The summed E-state index contributed by atoms with van der Waals surface area (Å²) in [5, 5.41) is 5.87. The van der Waals surface area contributed by atoms with Gasteiger partial charge in [0.15, 0.2) is 0 Å². The number of rotatable bonds is 4. The van der Waals surface area contributed by atoms with Gasteiger partial charge in [0, 0.05) is 21.4 Å². The fraction of sp³-hybridized carbons (Fsp3) is 0.444. The number of thiophene rings is 1. The van der Waals surface area contributed by atoms with Crippen molar-refractivity contribution in [2.75, 3.05) is 0 Å². The molecule has 21 heavy (non-hydrogen) atoms. The summed E-state index contributed by atoms with van der Waals surface area (Å²) in [4.78, 5) is 1.37. The third-order valence-electron chi connectivity index (χ3n) is 4.41. The average Bonchev–Trinajstić information content (AvgIpc) is 2.93. The summed E-state index contributed by atoms with van der Waals surface area (Å²) in [6.07, 6.45) is 5.21. The molecule has 3 rings (SSSR count). The summed E-state index contributed by atoms with van der Waals surface area (Å²) in [6.45, 7) is 4.51. The highest BCUT2D eigenvalue weighted by molar-refractivity contribution is 9.10. The lowest BCUT2D eigenvalue weighted by atomic mass is 9.89. The Morgan fingerprint density at radius 3 is 2.52 bits per heavy atom. The molecule has 0 bridgehead atoms. The summed E-state index contributed by atoms with van der Waals surface area (Å²) in [5.41, 5.74) is 4.54. The highest BCUT2D eigenvalue weighted by Gasteiger charge is 2.16. The van der Waals surface area contributed by atoms with Crippen LogP contribution in [0.5, 0.6) is 0 Å². The first-order valence-corrected chi connectivity index (χ1v) is 9.43. The van der Waals surface area contributed by atoms with Gasteiger partial charge in [-0.1, -0.05) is 18.2 Å². The molecular weight excluding hydrogens is 342 g/mol. The van der Waals surface area contributed by atoms with E-state index in [1.54, 1.807) is 11.1 Å². The second-order valence-corrected chi connectivity index (χ2v) is 7.78. The number of fused-ring (bicyclic) bond motifs is 1. The van der Waals surface area contributed by atoms with E-state index >= 15 is 0 Å². The van der Waals surface area contributed by atoms with E-state index < -0.39 is 0 Å². The number of hydrogen-bond donors (Lipinski definition) is 1. The number of aryl methyl sites for hydroxylation is 2. The zero-order chi connectivity index (χ0) is 14.8. The van der Waals surface area contributed by atoms with E-state index in [1.807, 2.05) is 11.3 Å². The summed E-state index contributed by atoms with van der Waals surface area (Å²) in [6, 6.07) is 9.93. The molecule has 3 heteroatoms. The van der Waals surface area contributed by atoms with Crippen LogP contribution < -0.4 is 5.32 Å². The van der Waals surface area contributed by atoms with Gasteiger partial charge in [0.1, 0.15) is 0 Å². The SMILES string of the molecule is CC(NC(C)c1sccc1Br)c1ccc2c(c1)CCCC2. The van der Waals surface area contributed by atoms with Crippen molar-refractivity contribution in [2.24, 2.45) is 0 Å². The molecule has 2 atom stereocenters. The van der Waals surface area contributed by atoms with Gasteiger partial charge in [-0.05, 0) is 83.6 Å². The topological polar surface area (TPSA) is 12.0 Å². The molecule has 0 amide bonds. The predicted octanol–water partition coefficient (Wildman–Crippen LogP) is 5.80. The fourth-order valence-electron chi connectivity index (χ4n) is 3.18. The summed E-state index contributed by atoms with van der Waals surface area (Å²) in [7, 11) is 0. The zero-order valence-electron chi connectivity index (χ0n) is 12.7. The van der Waals surface area contributed by atoms with Crippen LogP contribution in [0.25, 0.3) is 0 Å². The van der Waals surface area contributed by atoms with Gasteiger partial charge in [-0.3, -0.25) is 0 Å². The first-order valence-electron chi connectivity index (χ1n) is 7.76. The van der Waals surface area contributed by atoms with Gasteiger partial charge in [0.2, 0.25) is 0 Å². The Hall–Kier alpha value is -0.640. The lowest BCUT2D eigenvalue weighted by molar-refractivity contribution is 0.498. The van der Waals surface area contributed by atoms with Crippen LogP contribution >= 0.6 is 27.3 Å². The van der Waals surface area contributed by atoms with E-state index in [-0.39, 0.29) is 0 Å². The number of halogens is 1. The Balaban J connectivity index is 1.73. The van der Waals surface area contributed by atoms with Crippen molar-refractivity contribution in [3.05, 3.63) is 55.7 Å². The molecule has 1 aliphatic carbocycles. The van der Waals surface area contributed by atoms with Crippen LogP contribution in [0.15, 0.2) is 34.1 Å². The molecule has 1 aliphatic rings. The van der Waals surface area contributed by atoms with Crippen molar-refractivity contribution < 1.29 is 0 Å². The van der Waals surface area contributed by atoms with Crippen molar-refractivity contribution in [1.82, 2.24) is 5.32 Å². The lowest BCUT2D eigenvalue weighted by Gasteiger charge is -2.23. The van der Waals surface area contributed by atoms with E-state index in [4.69, 9.17) is 0 Å². The number of hydrogen-bond acceptors (Lipinski definition) is 2. The Labute approximate surface area is 139 Å². The average molecular weight is 364 g/mol. The molecule has 2 aromatic rings. The third-order valence-corrected chi connectivity index (χ3v) is 6.46. The molecule has 0 saturated carbocycles. The van der Waals surface area contributed by atoms with E-state index in [2.05, 4.69) is 64.7 Å². The summed E-state index contributed by atoms with van der Waals surface area (Å²) >= 11 is 5.44. The molecule has 1 heterocycles. The van der Waals surface area contributed by atoms with Gasteiger partial charge in [-0.25, -0.2) is 0 Å². The molecule has 0 radical (unpaired) electrons. The molecule has 1 aromatic heterocycles. The van der Waals surface area contributed by atoms with Crippen LogP contribution in [0.1, 0.15) is 60.3 Å². The smallest absolute Gasteiger partial charge is 0.0402 e. The van der Waals surface area contributed by atoms with E-state index in [0.717, 1.165) is 0 Å². The first-order chi connectivity index (χ1) is 10.1. The van der Waals surface area contributed by atoms with Crippen molar-refractivity contribution in [3.63, 3.8) is 0 Å². The minimum absolute atomic E-state index is 0.366.